The van der Waals surface area contributed by atoms with Crippen LogP contribution >= 0.6 is 0 Å². The summed E-state index contributed by atoms with van der Waals surface area (Å²) < 4.78 is 148. The summed E-state index contributed by atoms with van der Waals surface area (Å²) in [6.45, 7) is 5.58. The van der Waals surface area contributed by atoms with Crippen molar-refractivity contribution < 1.29 is 233 Å². The van der Waals surface area contributed by atoms with Crippen molar-refractivity contribution in [2.75, 3.05) is 25.5 Å². The number of pyridine rings is 1. The summed E-state index contributed by atoms with van der Waals surface area (Å²) in [6.07, 6.45) is 9.44. The Kier molecular flexibility index (Phi) is 25.2. The molecule has 0 saturated heterocycles. The molecule has 1 atom stereocenters. The first kappa shape index (κ1) is 62.3. The van der Waals surface area contributed by atoms with E-state index in [2.05, 4.69) is 36.2 Å². The number of aliphatic carboxylic acids is 1. The zero-order valence-electron chi connectivity index (χ0n) is 35.9. The second kappa shape index (κ2) is 25.9. The molecule has 0 bridgehead atoms. The number of amidine groups is 1. The van der Waals surface area contributed by atoms with Crippen molar-refractivity contribution in [2.45, 2.75) is 71.4 Å². The van der Waals surface area contributed by atoms with Crippen molar-refractivity contribution in [2.24, 2.45) is 15.4 Å². The van der Waals surface area contributed by atoms with Gasteiger partial charge in [0.25, 0.3) is 0 Å². The molecule has 64 heavy (non-hydrogen) atoms. The second-order valence-corrected chi connectivity index (χ2v) is 19.1. The zero-order chi connectivity index (χ0) is 45.6. The number of allylic oxidation sites excluding steroid dienone is 6. The van der Waals surface area contributed by atoms with Gasteiger partial charge in [-0.05, 0) is 56.0 Å². The predicted molar refractivity (Wildman–Crippen MR) is 209 cm³/mol. The summed E-state index contributed by atoms with van der Waals surface area (Å²) in [5.74, 6) is 8.64. The monoisotopic (exact) mass is 1040 g/mol. The van der Waals surface area contributed by atoms with Gasteiger partial charge in [0.05, 0.1) is 38.1 Å². The number of nitrogens with zero attached hydrogens (tertiary/aromatic N) is 4. The van der Waals surface area contributed by atoms with Crippen molar-refractivity contribution in [3.8, 4) is 23.7 Å². The first-order valence-electron chi connectivity index (χ1n) is 17.9. The molecular weight excluding hydrogens is 1010 g/mol. The number of fused-ring (bicyclic) bond motifs is 2. The zero-order valence-corrected chi connectivity index (χ0v) is 48.5. The van der Waals surface area contributed by atoms with E-state index in [1.54, 1.807) is 50.4 Å². The number of rotatable bonds is 18. The van der Waals surface area contributed by atoms with Gasteiger partial charge in [0.1, 0.15) is 37.9 Å². The Bertz CT molecular complexity index is 2690. The number of carboxylic acids is 1. The van der Waals surface area contributed by atoms with Gasteiger partial charge < -0.3 is 28.2 Å². The Labute approximate surface area is 500 Å². The van der Waals surface area contributed by atoms with Gasteiger partial charge in [-0.2, -0.15) is 0 Å². The van der Waals surface area contributed by atoms with Gasteiger partial charge in [-0.25, -0.2) is 43.2 Å². The summed E-state index contributed by atoms with van der Waals surface area (Å²) in [5.41, 5.74) is 1.08. The molecule has 4 heterocycles. The quantitative estimate of drug-likeness (QED) is 0.0356. The van der Waals surface area contributed by atoms with Crippen LogP contribution in [0.5, 0.6) is 0 Å². The molecule has 0 saturated carbocycles. The summed E-state index contributed by atoms with van der Waals surface area (Å²) in [5, 5.41) is 9.01. The molecule has 1 N–H and O–H groups in total. The first-order valence-corrected chi connectivity index (χ1v) is 23.5. The van der Waals surface area contributed by atoms with Crippen LogP contribution in [0, 0.1) is 29.1 Å². The number of hydrogen-bond acceptors (Lipinski definition) is 19. The predicted octanol–water partition coefficient (Wildman–Crippen LogP) is -8.30. The second-order valence-electron chi connectivity index (χ2n) is 14.5. The van der Waals surface area contributed by atoms with Gasteiger partial charge in [-0.3, -0.25) is 17.3 Å². The van der Waals surface area contributed by atoms with Gasteiger partial charge in [0.2, 0.25) is 31.2 Å². The average molecular weight is 1050 g/mol. The van der Waals surface area contributed by atoms with Gasteiger partial charge in [-0.1, -0.05) is 50.0 Å². The summed E-state index contributed by atoms with van der Waals surface area (Å²) in [7, 11) is -20.7. The van der Waals surface area contributed by atoms with Crippen LogP contribution in [0.15, 0.2) is 69.6 Å². The smallest absolute Gasteiger partial charge is 0.748 e. The van der Waals surface area contributed by atoms with Gasteiger partial charge in [0.15, 0.2) is 5.71 Å². The summed E-state index contributed by atoms with van der Waals surface area (Å²) in [4.78, 5) is 22.4. The van der Waals surface area contributed by atoms with E-state index in [4.69, 9.17) is 15.1 Å². The van der Waals surface area contributed by atoms with E-state index in [1.165, 1.54) is 10.8 Å². The largest absolute Gasteiger partial charge is 1.00 e. The molecule has 28 heteroatoms. The molecule has 1 aromatic heterocycles. The molecule has 21 nitrogen and oxygen atoms in total. The fraction of sp³-hybridized carbons (Fsp3) is 0.444. The maximum absolute atomic E-state index is 11.6. The first-order chi connectivity index (χ1) is 28.0. The Morgan fingerprint density at radius 2 is 1.48 bits per heavy atom. The fourth-order valence-corrected chi connectivity index (χ4v) is 7.93. The van der Waals surface area contributed by atoms with Crippen LogP contribution in [-0.4, -0.2) is 111 Å². The van der Waals surface area contributed by atoms with Crippen molar-refractivity contribution >= 4 is 64.6 Å². The molecule has 1 unspecified atom stereocenters. The molecule has 0 radical (unpaired) electrons. The van der Waals surface area contributed by atoms with Crippen LogP contribution in [0.1, 0.15) is 64.5 Å². The van der Waals surface area contributed by atoms with Crippen LogP contribution in [0.2, 0.25) is 0 Å². The molecule has 0 fully saturated rings. The van der Waals surface area contributed by atoms with Gasteiger partial charge in [-0.15, -0.1) is 0 Å². The minimum Gasteiger partial charge on any atom is -0.748 e. The SMILES string of the molecule is CC1(C)C2=CC(C#CCOS(=O)(=O)[O-])=CN(CCCCCC(=O)O)C2=N/C1=C\C=C\C1=Nc2c(cc(C#CCOS(=O)(=O)[O-])c[n+]2CC(CS(=O)(=O)[O-])OS(=O)(=O)[O-])C1(C)C.[K+].[K+].[K+]. The Hall–Kier alpha value is 0.269. The van der Waals surface area contributed by atoms with Crippen molar-refractivity contribution in [3.05, 3.63) is 70.7 Å². The molecule has 0 amide bonds. The van der Waals surface area contributed by atoms with Crippen molar-refractivity contribution in [1.82, 2.24) is 4.90 Å². The maximum atomic E-state index is 11.6. The van der Waals surface area contributed by atoms with Crippen molar-refractivity contribution in [3.63, 3.8) is 0 Å². The van der Waals surface area contributed by atoms with Crippen LogP contribution < -0.4 is 159 Å². The molecule has 0 spiro atoms. The molecule has 0 aromatic carbocycles. The molecule has 1 aromatic rings. The van der Waals surface area contributed by atoms with Crippen molar-refractivity contribution in [1.29, 1.82) is 0 Å². The number of aliphatic imine (C=N–C) groups is 2. The average Bonchev–Trinajstić information content (AvgIpc) is 3.50. The van der Waals surface area contributed by atoms with E-state index < -0.39 is 89.7 Å². The minimum absolute atomic E-state index is 0. The number of hydrogen-bond donors (Lipinski definition) is 1. The number of carbonyl (C=O) groups is 1. The van der Waals surface area contributed by atoms with E-state index in [0.29, 0.717) is 54.2 Å². The van der Waals surface area contributed by atoms with E-state index in [0.717, 1.165) is 5.57 Å². The Morgan fingerprint density at radius 3 is 2.05 bits per heavy atom. The summed E-state index contributed by atoms with van der Waals surface area (Å²) >= 11 is 0. The van der Waals surface area contributed by atoms with E-state index in [-0.39, 0.29) is 172 Å². The number of carboxylic acid groups (broad SMARTS) is 1. The summed E-state index contributed by atoms with van der Waals surface area (Å²) in [6, 6.07) is 1.55. The maximum Gasteiger partial charge on any atom is 1.00 e. The molecule has 3 aliphatic heterocycles. The third kappa shape index (κ3) is 19.9. The molecule has 4 rings (SSSR count). The van der Waals surface area contributed by atoms with E-state index in [9.17, 15) is 56.7 Å². The molecule has 3 aliphatic rings. The Balaban J connectivity index is 0.00000683. The minimum atomic E-state index is -5.50. The molecule has 332 valence electrons. The van der Waals surface area contributed by atoms with Crippen LogP contribution in [0.4, 0.5) is 5.82 Å². The van der Waals surface area contributed by atoms with Gasteiger partial charge in [0, 0.05) is 35.7 Å². The number of aromatic nitrogens is 1. The van der Waals surface area contributed by atoms with Crippen LogP contribution in [0.3, 0.4) is 0 Å². The normalized spacial score (nSPS) is 17.4. The van der Waals surface area contributed by atoms with Crippen LogP contribution in [0.25, 0.3) is 0 Å². The number of unbranched alkanes of at least 4 members (excludes halogenated alkanes) is 2. The van der Waals surface area contributed by atoms with Gasteiger partial charge >= 0.3 is 166 Å². The standard InChI is InChI=1S/C36H42N4O17S4.3K/c1-35(2)28-19-25(11-9-17-55-59(46,47)48)21-39(16-7-5-6-15-32(41)42)33(28)37-30(35)13-8-14-31-36(3,4)29-20-26(12-10-18-56-60(49,50)51)22-40(34(29)38-31)23-27(24-58(43,44)45)57-61(52,53)54;;;/h8,13-14,19-22,27H,5-7,15-18,23-24H2,1-4H3,(H4-,41,42,43,44,45,46,47,48,49,50,51,52,53,54);;;/q;3*+1/p-3. The van der Waals surface area contributed by atoms with Crippen LogP contribution in [-0.2, 0) is 70.6 Å². The fourth-order valence-electron chi connectivity index (χ4n) is 6.34. The molecule has 0 aliphatic carbocycles. The van der Waals surface area contributed by atoms with E-state index >= 15 is 0 Å². The van der Waals surface area contributed by atoms with E-state index in [1.807, 2.05) is 18.7 Å². The third-order valence-corrected chi connectivity index (χ3v) is 11.3. The topological polar surface area (TPSA) is 326 Å². The molecular formula is C36H39K3N4O17S4. The third-order valence-electron chi connectivity index (χ3n) is 9.15. The Morgan fingerprint density at radius 1 is 0.875 bits per heavy atom.